The molecule has 0 radical (unpaired) electrons. The summed E-state index contributed by atoms with van der Waals surface area (Å²) in [6.07, 6.45) is 1.19. The van der Waals surface area contributed by atoms with Gasteiger partial charge in [0.2, 0.25) is 0 Å². The van der Waals surface area contributed by atoms with Gasteiger partial charge in [0.1, 0.15) is 5.82 Å². The van der Waals surface area contributed by atoms with Crippen molar-refractivity contribution in [1.82, 2.24) is 5.32 Å². The lowest BCUT2D eigenvalue weighted by Gasteiger charge is -2.11. The summed E-state index contributed by atoms with van der Waals surface area (Å²) in [4.78, 5) is 4.48. The van der Waals surface area contributed by atoms with Crippen LogP contribution in [0.5, 0.6) is 0 Å². The lowest BCUT2D eigenvalue weighted by atomic mass is 10.1. The van der Waals surface area contributed by atoms with E-state index in [2.05, 4.69) is 24.2 Å². The van der Waals surface area contributed by atoms with Crippen molar-refractivity contribution >= 4 is 16.9 Å². The van der Waals surface area contributed by atoms with Crippen LogP contribution in [0.15, 0.2) is 29.3 Å². The van der Waals surface area contributed by atoms with E-state index in [0.717, 1.165) is 17.3 Å². The van der Waals surface area contributed by atoms with Crippen LogP contribution in [0.2, 0.25) is 0 Å². The Hall–Kier alpha value is -1.03. The fourth-order valence-corrected chi connectivity index (χ4v) is 3.24. The van der Waals surface area contributed by atoms with E-state index in [1.165, 1.54) is 12.5 Å². The summed E-state index contributed by atoms with van der Waals surface area (Å²) in [6.45, 7) is 6.00. The number of hydrogen-bond acceptors (Lipinski definition) is 3. The quantitative estimate of drug-likeness (QED) is 0.903. The van der Waals surface area contributed by atoms with Crippen molar-refractivity contribution in [3.63, 3.8) is 0 Å². The van der Waals surface area contributed by atoms with Crippen LogP contribution in [0.4, 0.5) is 4.39 Å². The van der Waals surface area contributed by atoms with Crippen molar-refractivity contribution in [2.45, 2.75) is 32.1 Å². The molecule has 1 aliphatic rings. The van der Waals surface area contributed by atoms with Crippen LogP contribution in [0.1, 0.15) is 25.8 Å². The topological polar surface area (TPSA) is 24.4 Å². The number of nitrogens with zero attached hydrogens (tertiary/aromatic N) is 1. The number of halogens is 1. The molecular formula is C14H19FN2S. The predicted molar refractivity (Wildman–Crippen MR) is 76.4 cm³/mol. The molecule has 0 spiro atoms. The van der Waals surface area contributed by atoms with Gasteiger partial charge in [-0.05, 0) is 30.0 Å². The fourth-order valence-electron chi connectivity index (χ4n) is 1.99. The van der Waals surface area contributed by atoms with Gasteiger partial charge in [-0.3, -0.25) is 4.99 Å². The third kappa shape index (κ3) is 4.02. The van der Waals surface area contributed by atoms with Crippen molar-refractivity contribution < 1.29 is 4.39 Å². The highest BCUT2D eigenvalue weighted by Crippen LogP contribution is 2.25. The normalized spacial score (nSPS) is 19.1. The number of rotatable bonds is 4. The second kappa shape index (κ2) is 6.23. The number of thioether (sulfide) groups is 1. The molecule has 98 valence electrons. The zero-order chi connectivity index (χ0) is 13.0. The summed E-state index contributed by atoms with van der Waals surface area (Å²) >= 11 is 1.81. The molecule has 1 atom stereocenters. The van der Waals surface area contributed by atoms with E-state index >= 15 is 0 Å². The molecule has 1 aromatic rings. The lowest BCUT2D eigenvalue weighted by molar-refractivity contribution is 0.575. The summed E-state index contributed by atoms with van der Waals surface area (Å²) in [5, 5.41) is 4.86. The highest BCUT2D eigenvalue weighted by molar-refractivity contribution is 8.14. The number of nitrogens with one attached hydrogen (secondary N) is 1. The molecule has 0 saturated heterocycles. The lowest BCUT2D eigenvalue weighted by Crippen LogP contribution is -2.19. The molecule has 18 heavy (non-hydrogen) atoms. The molecule has 2 rings (SSSR count). The number of hydrogen-bond donors (Lipinski definition) is 1. The van der Waals surface area contributed by atoms with Crippen LogP contribution in [0.25, 0.3) is 0 Å². The molecule has 4 heteroatoms. The second-order valence-corrected chi connectivity index (χ2v) is 6.29. The van der Waals surface area contributed by atoms with Crippen molar-refractivity contribution in [1.29, 1.82) is 0 Å². The predicted octanol–water partition coefficient (Wildman–Crippen LogP) is 3.43. The average Bonchev–Trinajstić information content (AvgIpc) is 2.73. The first-order valence-corrected chi connectivity index (χ1v) is 7.21. The van der Waals surface area contributed by atoms with Gasteiger partial charge in [0.25, 0.3) is 0 Å². The molecule has 1 N–H and O–H groups in total. The van der Waals surface area contributed by atoms with Gasteiger partial charge in [-0.1, -0.05) is 37.7 Å². The summed E-state index contributed by atoms with van der Waals surface area (Å²) in [6, 6.07) is 6.67. The average molecular weight is 266 g/mol. The van der Waals surface area contributed by atoms with E-state index in [0.29, 0.717) is 17.7 Å². The summed E-state index contributed by atoms with van der Waals surface area (Å²) in [5.74, 6) is 0.522. The zero-order valence-corrected chi connectivity index (χ0v) is 11.6. The molecule has 1 unspecified atom stereocenters. The molecule has 1 aliphatic heterocycles. The van der Waals surface area contributed by atoms with Crippen LogP contribution in [-0.4, -0.2) is 17.0 Å². The van der Waals surface area contributed by atoms with Gasteiger partial charge in [-0.2, -0.15) is 0 Å². The highest BCUT2D eigenvalue weighted by Gasteiger charge is 2.20. The smallest absolute Gasteiger partial charge is 0.157 e. The monoisotopic (exact) mass is 266 g/mol. The van der Waals surface area contributed by atoms with E-state index in [-0.39, 0.29) is 5.82 Å². The minimum atomic E-state index is -0.187. The first kappa shape index (κ1) is 13.4. The number of aliphatic imine (C=N–C) groups is 1. The molecule has 0 amide bonds. The Balaban J connectivity index is 1.78. The molecule has 1 aromatic carbocycles. The maximum atomic E-state index is 13.0. The van der Waals surface area contributed by atoms with E-state index in [4.69, 9.17) is 0 Å². The van der Waals surface area contributed by atoms with E-state index < -0.39 is 0 Å². The van der Waals surface area contributed by atoms with Crippen LogP contribution in [0, 0.1) is 11.7 Å². The Morgan fingerprint density at radius 3 is 3.06 bits per heavy atom. The van der Waals surface area contributed by atoms with Crippen molar-refractivity contribution in [2.75, 3.05) is 6.54 Å². The van der Waals surface area contributed by atoms with Gasteiger partial charge in [0.05, 0.1) is 6.54 Å². The first-order chi connectivity index (χ1) is 8.63. The molecule has 0 bridgehead atoms. The Bertz CT molecular complexity index is 432. The second-order valence-electron chi connectivity index (χ2n) is 5.00. The minimum absolute atomic E-state index is 0.187. The SMILES string of the molecule is CC(C)CC1CN=C(NCc2cccc(F)c2)S1. The third-order valence-electron chi connectivity index (χ3n) is 2.78. The Labute approximate surface area is 112 Å². The van der Waals surface area contributed by atoms with Crippen LogP contribution < -0.4 is 5.32 Å². The molecular weight excluding hydrogens is 247 g/mol. The first-order valence-electron chi connectivity index (χ1n) is 6.33. The van der Waals surface area contributed by atoms with Crippen LogP contribution in [0.3, 0.4) is 0 Å². The fraction of sp³-hybridized carbons (Fsp3) is 0.500. The summed E-state index contributed by atoms with van der Waals surface area (Å²) in [7, 11) is 0. The molecule has 1 heterocycles. The van der Waals surface area contributed by atoms with E-state index in [1.54, 1.807) is 12.1 Å². The van der Waals surface area contributed by atoms with Gasteiger partial charge in [0.15, 0.2) is 5.17 Å². The van der Waals surface area contributed by atoms with Crippen molar-refractivity contribution in [3.05, 3.63) is 35.6 Å². The summed E-state index contributed by atoms with van der Waals surface area (Å²) in [5.41, 5.74) is 0.950. The van der Waals surface area contributed by atoms with E-state index in [1.807, 2.05) is 17.8 Å². The number of benzene rings is 1. The minimum Gasteiger partial charge on any atom is -0.361 e. The van der Waals surface area contributed by atoms with Crippen molar-refractivity contribution in [3.8, 4) is 0 Å². The standard InChI is InChI=1S/C14H19FN2S/c1-10(2)6-13-9-17-14(18-13)16-8-11-4-3-5-12(15)7-11/h3-5,7,10,13H,6,8-9H2,1-2H3,(H,16,17). The Morgan fingerprint density at radius 1 is 1.50 bits per heavy atom. The van der Waals surface area contributed by atoms with Gasteiger partial charge in [-0.25, -0.2) is 4.39 Å². The highest BCUT2D eigenvalue weighted by atomic mass is 32.2. The van der Waals surface area contributed by atoms with E-state index in [9.17, 15) is 4.39 Å². The van der Waals surface area contributed by atoms with Crippen molar-refractivity contribution in [2.24, 2.45) is 10.9 Å². The Kier molecular flexibility index (Phi) is 4.64. The largest absolute Gasteiger partial charge is 0.361 e. The van der Waals surface area contributed by atoms with Gasteiger partial charge < -0.3 is 5.32 Å². The zero-order valence-electron chi connectivity index (χ0n) is 10.8. The number of amidine groups is 1. The van der Waals surface area contributed by atoms with Gasteiger partial charge >= 0.3 is 0 Å². The molecule has 2 nitrogen and oxygen atoms in total. The molecule has 0 fully saturated rings. The third-order valence-corrected chi connectivity index (χ3v) is 3.96. The molecule has 0 saturated carbocycles. The molecule has 0 aromatic heterocycles. The Morgan fingerprint density at radius 2 is 2.33 bits per heavy atom. The maximum absolute atomic E-state index is 13.0. The van der Waals surface area contributed by atoms with Crippen LogP contribution in [-0.2, 0) is 6.54 Å². The molecule has 0 aliphatic carbocycles. The van der Waals surface area contributed by atoms with Crippen LogP contribution >= 0.6 is 11.8 Å². The van der Waals surface area contributed by atoms with Gasteiger partial charge in [0, 0.05) is 11.8 Å². The van der Waals surface area contributed by atoms with Gasteiger partial charge in [-0.15, -0.1) is 0 Å². The maximum Gasteiger partial charge on any atom is 0.157 e. The summed E-state index contributed by atoms with van der Waals surface area (Å²) < 4.78 is 13.0.